The summed E-state index contributed by atoms with van der Waals surface area (Å²) < 4.78 is 33.7. The summed E-state index contributed by atoms with van der Waals surface area (Å²) in [6.07, 6.45) is 0. The van der Waals surface area contributed by atoms with Crippen molar-refractivity contribution in [3.63, 3.8) is 0 Å². The Hall–Kier alpha value is -0.260. The highest BCUT2D eigenvalue weighted by atomic mass is 32.2. The molecule has 7 heavy (non-hydrogen) atoms. The lowest BCUT2D eigenvalue weighted by atomic mass is 11.6. The highest BCUT2D eigenvalue weighted by Crippen LogP contribution is 2.30. The first-order chi connectivity index (χ1) is 3.06. The van der Waals surface area contributed by atoms with Crippen molar-refractivity contribution in [3.8, 4) is 0 Å². The summed E-state index contributed by atoms with van der Waals surface area (Å²) >= 11 is -0.942. The van der Waals surface area contributed by atoms with Gasteiger partial charge in [-0.3, -0.25) is 0 Å². The first kappa shape index (κ1) is 6.74. The number of halogens is 3. The second-order valence-corrected chi connectivity index (χ2v) is 1.41. The maximum atomic E-state index is 10.7. The van der Waals surface area contributed by atoms with E-state index in [4.69, 9.17) is 4.91 Å². The summed E-state index contributed by atoms with van der Waals surface area (Å²) in [5.74, 6) is 0. The highest BCUT2D eigenvalue weighted by molar-refractivity contribution is 7.98. The molecule has 0 radical (unpaired) electrons. The minimum atomic E-state index is -4.51. The molecule has 0 saturated heterocycles. The van der Waals surface area contributed by atoms with Gasteiger partial charge in [-0.15, -0.1) is 4.91 Å². The fourth-order valence-corrected chi connectivity index (χ4v) is 0.127. The summed E-state index contributed by atoms with van der Waals surface area (Å²) in [5.41, 5.74) is -4.51. The standard InChI is InChI=1S/CF3NOS/c2-1(3,4)7-5-6. The van der Waals surface area contributed by atoms with E-state index in [0.29, 0.717) is 0 Å². The van der Waals surface area contributed by atoms with Gasteiger partial charge in [-0.05, 0) is 0 Å². The number of alkyl halides is 3. The molecule has 0 aromatic rings. The minimum Gasteiger partial charge on any atom is -0.159 e. The van der Waals surface area contributed by atoms with Gasteiger partial charge in [0, 0.05) is 4.58 Å². The average molecular weight is 131 g/mol. The monoisotopic (exact) mass is 131 g/mol. The van der Waals surface area contributed by atoms with Crippen molar-refractivity contribution in [2.24, 2.45) is 4.58 Å². The van der Waals surface area contributed by atoms with Gasteiger partial charge in [0.05, 0.1) is 0 Å². The van der Waals surface area contributed by atoms with E-state index in [-0.39, 0.29) is 0 Å². The van der Waals surface area contributed by atoms with E-state index < -0.39 is 17.5 Å². The zero-order chi connectivity index (χ0) is 5.91. The quantitative estimate of drug-likeness (QED) is 0.402. The Morgan fingerprint density at radius 2 is 1.86 bits per heavy atom. The van der Waals surface area contributed by atoms with Crippen molar-refractivity contribution < 1.29 is 13.2 Å². The summed E-state index contributed by atoms with van der Waals surface area (Å²) in [7, 11) is 0. The van der Waals surface area contributed by atoms with Gasteiger partial charge in [-0.25, -0.2) is 0 Å². The second-order valence-electron chi connectivity index (χ2n) is 0.612. The lowest BCUT2D eigenvalue weighted by molar-refractivity contribution is -0.0327. The first-order valence-corrected chi connectivity index (χ1v) is 1.91. The molecule has 0 spiro atoms. The largest absolute Gasteiger partial charge is 0.466 e. The van der Waals surface area contributed by atoms with Crippen LogP contribution in [0.2, 0.25) is 0 Å². The van der Waals surface area contributed by atoms with E-state index in [2.05, 4.69) is 0 Å². The van der Waals surface area contributed by atoms with Crippen LogP contribution in [-0.4, -0.2) is 5.51 Å². The van der Waals surface area contributed by atoms with Gasteiger partial charge in [0.2, 0.25) is 0 Å². The Labute approximate surface area is 41.2 Å². The van der Waals surface area contributed by atoms with Crippen LogP contribution in [-0.2, 0) is 0 Å². The van der Waals surface area contributed by atoms with Crippen LogP contribution >= 0.6 is 11.9 Å². The van der Waals surface area contributed by atoms with Crippen LogP contribution in [0.25, 0.3) is 0 Å². The molecule has 0 unspecified atom stereocenters. The molecule has 0 N–H and O–H groups in total. The van der Waals surface area contributed by atoms with Crippen molar-refractivity contribution in [1.82, 2.24) is 0 Å². The number of nitroso groups, excluding NO2 is 1. The maximum Gasteiger partial charge on any atom is 0.466 e. The van der Waals surface area contributed by atoms with Crippen LogP contribution in [0.1, 0.15) is 0 Å². The molecule has 0 heterocycles. The fraction of sp³-hybridized carbons (Fsp3) is 1.00. The molecule has 0 aliphatic rings. The molecule has 0 bridgehead atoms. The molecule has 0 aliphatic heterocycles. The van der Waals surface area contributed by atoms with Gasteiger partial charge in [0.1, 0.15) is 11.9 Å². The molecule has 42 valence electrons. The second kappa shape index (κ2) is 2.15. The van der Waals surface area contributed by atoms with Crippen molar-refractivity contribution in [1.29, 1.82) is 0 Å². The normalized spacial score (nSPS) is 11.3. The molecular formula is CF3NOS. The van der Waals surface area contributed by atoms with Crippen LogP contribution in [0.4, 0.5) is 13.2 Å². The predicted octanol–water partition coefficient (Wildman–Crippen LogP) is 1.92. The highest BCUT2D eigenvalue weighted by Gasteiger charge is 2.29. The Balaban J connectivity index is 3.34. The maximum absolute atomic E-state index is 10.7. The van der Waals surface area contributed by atoms with Gasteiger partial charge in [0.25, 0.3) is 0 Å². The van der Waals surface area contributed by atoms with Gasteiger partial charge >= 0.3 is 5.51 Å². The van der Waals surface area contributed by atoms with Crippen LogP contribution in [0.5, 0.6) is 0 Å². The van der Waals surface area contributed by atoms with E-state index in [1.807, 2.05) is 0 Å². The molecule has 0 amide bonds. The fourth-order valence-electron chi connectivity index (χ4n) is 0.0423. The third kappa shape index (κ3) is 5.74. The zero-order valence-electron chi connectivity index (χ0n) is 2.90. The van der Waals surface area contributed by atoms with E-state index in [9.17, 15) is 13.2 Å². The predicted molar refractivity (Wildman–Crippen MR) is 19.4 cm³/mol. The van der Waals surface area contributed by atoms with E-state index in [0.717, 1.165) is 0 Å². The topological polar surface area (TPSA) is 29.4 Å². The van der Waals surface area contributed by atoms with Crippen molar-refractivity contribution in [3.05, 3.63) is 4.91 Å². The lowest BCUT2D eigenvalue weighted by Gasteiger charge is -1.92. The smallest absolute Gasteiger partial charge is 0.159 e. The number of rotatable bonds is 1. The third-order valence-corrected chi connectivity index (χ3v) is 0.422. The molecule has 0 aromatic carbocycles. The van der Waals surface area contributed by atoms with Crippen molar-refractivity contribution >= 4 is 11.9 Å². The molecule has 0 fully saturated rings. The minimum absolute atomic E-state index is 0.942. The Morgan fingerprint density at radius 3 is 1.86 bits per heavy atom. The van der Waals surface area contributed by atoms with E-state index in [1.54, 1.807) is 4.58 Å². The van der Waals surface area contributed by atoms with Crippen molar-refractivity contribution in [2.75, 3.05) is 0 Å². The van der Waals surface area contributed by atoms with Gasteiger partial charge < -0.3 is 0 Å². The molecule has 6 heteroatoms. The van der Waals surface area contributed by atoms with Crippen molar-refractivity contribution in [2.45, 2.75) is 5.51 Å². The number of nitrogens with zero attached hydrogens (tertiary/aromatic N) is 1. The third-order valence-electron chi connectivity index (χ3n) is 0.141. The Morgan fingerprint density at radius 1 is 1.43 bits per heavy atom. The van der Waals surface area contributed by atoms with Gasteiger partial charge in [0.15, 0.2) is 0 Å². The molecule has 0 aromatic heterocycles. The molecule has 0 atom stereocenters. The Bertz CT molecular complexity index is 69.8. The van der Waals surface area contributed by atoms with Crippen LogP contribution in [0.15, 0.2) is 4.58 Å². The first-order valence-electron chi connectivity index (χ1n) is 1.14. The summed E-state index contributed by atoms with van der Waals surface area (Å²) in [6, 6.07) is 0. The van der Waals surface area contributed by atoms with Gasteiger partial charge in [-0.1, -0.05) is 0 Å². The molecule has 0 aliphatic carbocycles. The summed E-state index contributed by atoms with van der Waals surface area (Å²) in [4.78, 5) is 8.81. The molecule has 0 rings (SSSR count). The lowest BCUT2D eigenvalue weighted by Crippen LogP contribution is -1.95. The zero-order valence-corrected chi connectivity index (χ0v) is 3.71. The van der Waals surface area contributed by atoms with Crippen LogP contribution in [0.3, 0.4) is 0 Å². The number of hydrogen-bond acceptors (Lipinski definition) is 3. The SMILES string of the molecule is O=NSC(F)(F)F. The summed E-state index contributed by atoms with van der Waals surface area (Å²) in [5, 5.41) is 0. The molecule has 2 nitrogen and oxygen atoms in total. The van der Waals surface area contributed by atoms with E-state index in [1.165, 1.54) is 0 Å². The summed E-state index contributed by atoms with van der Waals surface area (Å²) in [6.45, 7) is 0. The average Bonchev–Trinajstić information content (AvgIpc) is 1.30. The van der Waals surface area contributed by atoms with E-state index >= 15 is 0 Å². The molecular weight excluding hydrogens is 131 g/mol. The van der Waals surface area contributed by atoms with Crippen LogP contribution in [0, 0.1) is 4.91 Å². The van der Waals surface area contributed by atoms with Crippen LogP contribution < -0.4 is 0 Å². The Kier molecular flexibility index (Phi) is 2.07. The number of hydrogen-bond donors (Lipinski definition) is 0. The molecule has 0 saturated carbocycles. The van der Waals surface area contributed by atoms with Gasteiger partial charge in [-0.2, -0.15) is 13.2 Å².